The number of amides is 1. The minimum absolute atomic E-state index is 0.0522. The summed E-state index contributed by atoms with van der Waals surface area (Å²) in [5.74, 6) is -0.142. The molecule has 0 saturated carbocycles. The Balaban J connectivity index is 2.54. The molecule has 0 radical (unpaired) electrons. The van der Waals surface area contributed by atoms with Crippen molar-refractivity contribution in [1.29, 1.82) is 5.26 Å². The summed E-state index contributed by atoms with van der Waals surface area (Å²) in [6, 6.07) is 11.5. The Morgan fingerprint density at radius 1 is 1.43 bits per heavy atom. The second-order valence-electron chi connectivity index (χ2n) is 3.07. The molecule has 0 heterocycles. The van der Waals surface area contributed by atoms with Crippen LogP contribution in [0.1, 0.15) is 12.0 Å². The molecule has 0 aromatic heterocycles. The maximum absolute atomic E-state index is 11.3. The summed E-state index contributed by atoms with van der Waals surface area (Å²) in [6.45, 7) is 0.557. The van der Waals surface area contributed by atoms with Gasteiger partial charge in [0.05, 0.1) is 6.07 Å². The lowest BCUT2D eigenvalue weighted by atomic mass is 10.2. The molecule has 0 atom stereocenters. The topological polar surface area (TPSA) is 44.1 Å². The molecule has 72 valence electrons. The Labute approximate surface area is 83.6 Å². The predicted octanol–water partition coefficient (Wildman–Crippen LogP) is 1.56. The van der Waals surface area contributed by atoms with Crippen LogP contribution in [0.2, 0.25) is 0 Å². The number of hydrogen-bond donors (Lipinski definition) is 0. The van der Waals surface area contributed by atoms with Crippen molar-refractivity contribution in [3.05, 3.63) is 35.9 Å². The van der Waals surface area contributed by atoms with Crippen LogP contribution in [-0.4, -0.2) is 17.9 Å². The van der Waals surface area contributed by atoms with Gasteiger partial charge in [-0.05, 0) is 5.56 Å². The van der Waals surface area contributed by atoms with E-state index in [9.17, 15) is 4.79 Å². The van der Waals surface area contributed by atoms with E-state index in [2.05, 4.69) is 0 Å². The first-order valence-corrected chi connectivity index (χ1v) is 4.39. The first kappa shape index (κ1) is 10.3. The summed E-state index contributed by atoms with van der Waals surface area (Å²) in [5, 5.41) is 8.35. The number of benzene rings is 1. The monoisotopic (exact) mass is 188 g/mol. The zero-order chi connectivity index (χ0) is 10.4. The molecule has 1 aromatic carbocycles. The van der Waals surface area contributed by atoms with E-state index < -0.39 is 0 Å². The van der Waals surface area contributed by atoms with Crippen LogP contribution in [0.3, 0.4) is 0 Å². The Hall–Kier alpha value is -1.82. The molecule has 1 aromatic rings. The lowest BCUT2D eigenvalue weighted by Crippen LogP contribution is -2.25. The van der Waals surface area contributed by atoms with Crippen LogP contribution in [0.15, 0.2) is 30.3 Å². The maximum Gasteiger partial charge on any atom is 0.236 e. The van der Waals surface area contributed by atoms with Crippen LogP contribution in [0.25, 0.3) is 0 Å². The third-order valence-electron chi connectivity index (χ3n) is 1.92. The van der Waals surface area contributed by atoms with Crippen LogP contribution in [0.4, 0.5) is 0 Å². The van der Waals surface area contributed by atoms with Crippen LogP contribution >= 0.6 is 0 Å². The van der Waals surface area contributed by atoms with Crippen molar-refractivity contribution < 1.29 is 4.79 Å². The third kappa shape index (κ3) is 2.91. The lowest BCUT2D eigenvalue weighted by Gasteiger charge is -2.15. The quantitative estimate of drug-likeness (QED) is 0.722. The van der Waals surface area contributed by atoms with Gasteiger partial charge in [0.15, 0.2) is 0 Å². The van der Waals surface area contributed by atoms with Gasteiger partial charge in [0, 0.05) is 13.6 Å². The highest BCUT2D eigenvalue weighted by Crippen LogP contribution is 2.03. The van der Waals surface area contributed by atoms with E-state index in [0.717, 1.165) is 5.56 Å². The highest BCUT2D eigenvalue weighted by atomic mass is 16.2. The highest BCUT2D eigenvalue weighted by Gasteiger charge is 2.07. The highest BCUT2D eigenvalue weighted by molar-refractivity contribution is 5.77. The molecule has 1 rings (SSSR count). The number of carbonyl (C=O) groups excluding carboxylic acids is 1. The van der Waals surface area contributed by atoms with E-state index in [1.807, 2.05) is 36.4 Å². The molecule has 0 bridgehead atoms. The molecule has 3 nitrogen and oxygen atoms in total. The minimum Gasteiger partial charge on any atom is -0.341 e. The number of carbonyl (C=O) groups is 1. The van der Waals surface area contributed by atoms with Crippen molar-refractivity contribution in [3.63, 3.8) is 0 Å². The second kappa shape index (κ2) is 5.03. The van der Waals surface area contributed by atoms with Gasteiger partial charge < -0.3 is 4.90 Å². The van der Waals surface area contributed by atoms with Crippen LogP contribution in [-0.2, 0) is 11.3 Å². The van der Waals surface area contributed by atoms with Gasteiger partial charge in [0.25, 0.3) is 0 Å². The van der Waals surface area contributed by atoms with E-state index in [1.54, 1.807) is 11.9 Å². The van der Waals surface area contributed by atoms with Gasteiger partial charge in [-0.3, -0.25) is 4.79 Å². The molecule has 0 aliphatic rings. The first-order valence-electron chi connectivity index (χ1n) is 4.39. The maximum atomic E-state index is 11.3. The molecule has 3 heteroatoms. The van der Waals surface area contributed by atoms with Gasteiger partial charge in [-0.15, -0.1) is 0 Å². The molecule has 0 N–H and O–H groups in total. The van der Waals surface area contributed by atoms with Crippen molar-refractivity contribution in [1.82, 2.24) is 4.90 Å². The molecule has 0 unspecified atom stereocenters. The molecule has 1 amide bonds. The average molecular weight is 188 g/mol. The second-order valence-corrected chi connectivity index (χ2v) is 3.07. The lowest BCUT2D eigenvalue weighted by molar-refractivity contribution is -0.129. The standard InChI is InChI=1S/C11H12N2O/c1-13(11(14)7-8-12)9-10-5-3-2-4-6-10/h2-6H,7,9H2,1H3. The molecule has 0 aliphatic carbocycles. The van der Waals surface area contributed by atoms with Gasteiger partial charge in [-0.2, -0.15) is 5.26 Å². The first-order chi connectivity index (χ1) is 6.74. The molecular weight excluding hydrogens is 176 g/mol. The third-order valence-corrected chi connectivity index (χ3v) is 1.92. The predicted molar refractivity (Wildman–Crippen MR) is 53.1 cm³/mol. The van der Waals surface area contributed by atoms with Gasteiger partial charge in [0.2, 0.25) is 5.91 Å². The Bertz CT molecular complexity index is 340. The van der Waals surface area contributed by atoms with Gasteiger partial charge in [-0.1, -0.05) is 30.3 Å². The number of nitriles is 1. The average Bonchev–Trinajstić information content (AvgIpc) is 2.19. The number of hydrogen-bond acceptors (Lipinski definition) is 2. The summed E-state index contributed by atoms with van der Waals surface area (Å²) in [4.78, 5) is 12.8. The zero-order valence-corrected chi connectivity index (χ0v) is 8.10. The van der Waals surface area contributed by atoms with Crippen molar-refractivity contribution >= 4 is 5.91 Å². The zero-order valence-electron chi connectivity index (χ0n) is 8.10. The summed E-state index contributed by atoms with van der Waals surface area (Å²) in [6.07, 6.45) is -0.0522. The van der Waals surface area contributed by atoms with E-state index in [0.29, 0.717) is 6.54 Å². The summed E-state index contributed by atoms with van der Waals surface area (Å²) >= 11 is 0. The van der Waals surface area contributed by atoms with Crippen molar-refractivity contribution in [3.8, 4) is 6.07 Å². The molecule has 0 aliphatic heterocycles. The smallest absolute Gasteiger partial charge is 0.236 e. The number of nitrogens with zero attached hydrogens (tertiary/aromatic N) is 2. The summed E-state index contributed by atoms with van der Waals surface area (Å²) in [7, 11) is 1.70. The molecule has 0 saturated heterocycles. The Morgan fingerprint density at radius 3 is 2.64 bits per heavy atom. The number of rotatable bonds is 3. The van der Waals surface area contributed by atoms with E-state index in [-0.39, 0.29) is 12.3 Å². The van der Waals surface area contributed by atoms with Gasteiger partial charge in [0.1, 0.15) is 6.42 Å². The normalized spacial score (nSPS) is 9.14. The Morgan fingerprint density at radius 2 is 2.07 bits per heavy atom. The fraction of sp³-hybridized carbons (Fsp3) is 0.273. The van der Waals surface area contributed by atoms with Crippen LogP contribution in [0.5, 0.6) is 0 Å². The van der Waals surface area contributed by atoms with Gasteiger partial charge >= 0.3 is 0 Å². The summed E-state index contributed by atoms with van der Waals surface area (Å²) < 4.78 is 0. The van der Waals surface area contributed by atoms with Crippen molar-refractivity contribution in [2.45, 2.75) is 13.0 Å². The van der Waals surface area contributed by atoms with Gasteiger partial charge in [-0.25, -0.2) is 0 Å². The van der Waals surface area contributed by atoms with Crippen molar-refractivity contribution in [2.75, 3.05) is 7.05 Å². The molecule has 14 heavy (non-hydrogen) atoms. The summed E-state index contributed by atoms with van der Waals surface area (Å²) in [5.41, 5.74) is 1.07. The Kier molecular flexibility index (Phi) is 3.69. The van der Waals surface area contributed by atoms with Crippen LogP contribution < -0.4 is 0 Å². The SMILES string of the molecule is CN(Cc1ccccc1)C(=O)CC#N. The van der Waals surface area contributed by atoms with E-state index >= 15 is 0 Å². The fourth-order valence-electron chi connectivity index (χ4n) is 1.15. The molecule has 0 fully saturated rings. The van der Waals surface area contributed by atoms with Crippen LogP contribution in [0, 0.1) is 11.3 Å². The minimum atomic E-state index is -0.142. The molecular formula is C11H12N2O. The molecule has 0 spiro atoms. The van der Waals surface area contributed by atoms with E-state index in [1.165, 1.54) is 0 Å². The fourth-order valence-corrected chi connectivity index (χ4v) is 1.15. The van der Waals surface area contributed by atoms with E-state index in [4.69, 9.17) is 5.26 Å². The largest absolute Gasteiger partial charge is 0.341 e. The van der Waals surface area contributed by atoms with Crippen molar-refractivity contribution in [2.24, 2.45) is 0 Å².